The SMILES string of the molecule is Cc1ccc(S(=O)(=O)N(C)CC(=O)NCc2ccnc(N3CCOCC3)c2)cc1. The first kappa shape index (κ1) is 21.2. The van der Waals surface area contributed by atoms with E-state index in [1.807, 2.05) is 19.1 Å². The highest BCUT2D eigenvalue weighted by Crippen LogP contribution is 2.16. The van der Waals surface area contributed by atoms with Crippen LogP contribution in [0.1, 0.15) is 11.1 Å². The summed E-state index contributed by atoms with van der Waals surface area (Å²) in [6, 6.07) is 10.3. The number of carbonyl (C=O) groups excluding carboxylic acids is 1. The topological polar surface area (TPSA) is 91.8 Å². The van der Waals surface area contributed by atoms with Gasteiger partial charge in [-0.15, -0.1) is 0 Å². The first-order valence-corrected chi connectivity index (χ1v) is 10.9. The second kappa shape index (κ2) is 9.34. The number of pyridine rings is 1. The third kappa shape index (κ3) is 5.53. The van der Waals surface area contributed by atoms with Gasteiger partial charge in [0.1, 0.15) is 5.82 Å². The molecule has 9 heteroatoms. The van der Waals surface area contributed by atoms with Crippen molar-refractivity contribution in [3.63, 3.8) is 0 Å². The van der Waals surface area contributed by atoms with E-state index < -0.39 is 10.0 Å². The van der Waals surface area contributed by atoms with E-state index in [2.05, 4.69) is 15.2 Å². The van der Waals surface area contributed by atoms with Crippen molar-refractivity contribution >= 4 is 21.7 Å². The fourth-order valence-electron chi connectivity index (χ4n) is 2.97. The zero-order chi connectivity index (χ0) is 20.9. The maximum atomic E-state index is 12.6. The summed E-state index contributed by atoms with van der Waals surface area (Å²) in [6.07, 6.45) is 1.71. The van der Waals surface area contributed by atoms with Gasteiger partial charge in [0.25, 0.3) is 0 Å². The molecule has 0 bridgehead atoms. The number of carbonyl (C=O) groups is 1. The molecule has 29 heavy (non-hydrogen) atoms. The highest BCUT2D eigenvalue weighted by Gasteiger charge is 2.22. The molecule has 1 aromatic carbocycles. The molecule has 2 aromatic rings. The molecular formula is C20H26N4O4S. The summed E-state index contributed by atoms with van der Waals surface area (Å²) >= 11 is 0. The lowest BCUT2D eigenvalue weighted by Crippen LogP contribution is -2.38. The highest BCUT2D eigenvalue weighted by molar-refractivity contribution is 7.89. The Morgan fingerprint density at radius 3 is 2.59 bits per heavy atom. The molecular weight excluding hydrogens is 392 g/mol. The van der Waals surface area contributed by atoms with Crippen molar-refractivity contribution in [2.24, 2.45) is 0 Å². The molecule has 1 aliphatic rings. The number of nitrogens with one attached hydrogen (secondary N) is 1. The van der Waals surface area contributed by atoms with Crippen molar-refractivity contribution in [1.29, 1.82) is 0 Å². The van der Waals surface area contributed by atoms with Crippen LogP contribution >= 0.6 is 0 Å². The van der Waals surface area contributed by atoms with Crippen LogP contribution in [0.15, 0.2) is 47.5 Å². The maximum absolute atomic E-state index is 12.6. The third-order valence-electron chi connectivity index (χ3n) is 4.73. The average molecular weight is 419 g/mol. The summed E-state index contributed by atoms with van der Waals surface area (Å²) in [4.78, 5) is 19.0. The minimum Gasteiger partial charge on any atom is -0.378 e. The molecule has 0 atom stereocenters. The molecule has 1 aromatic heterocycles. The van der Waals surface area contributed by atoms with E-state index in [9.17, 15) is 13.2 Å². The second-order valence-electron chi connectivity index (χ2n) is 6.97. The first-order valence-electron chi connectivity index (χ1n) is 9.43. The zero-order valence-electron chi connectivity index (χ0n) is 16.7. The van der Waals surface area contributed by atoms with Crippen molar-refractivity contribution < 1.29 is 17.9 Å². The molecule has 1 N–H and O–H groups in total. The molecule has 0 spiro atoms. The number of ether oxygens (including phenoxy) is 1. The van der Waals surface area contributed by atoms with E-state index in [1.54, 1.807) is 30.5 Å². The van der Waals surface area contributed by atoms with Crippen LogP contribution in [0.25, 0.3) is 0 Å². The van der Waals surface area contributed by atoms with Crippen LogP contribution in [0, 0.1) is 6.92 Å². The van der Waals surface area contributed by atoms with Crippen LogP contribution in [0.5, 0.6) is 0 Å². The molecule has 0 radical (unpaired) electrons. The minimum absolute atomic E-state index is 0.169. The van der Waals surface area contributed by atoms with Crippen molar-refractivity contribution in [2.75, 3.05) is 44.8 Å². The van der Waals surface area contributed by atoms with E-state index in [4.69, 9.17) is 4.74 Å². The van der Waals surface area contributed by atoms with Gasteiger partial charge in [-0.3, -0.25) is 4.79 Å². The number of likely N-dealkylation sites (N-methyl/N-ethyl adjacent to an activating group) is 1. The number of morpholine rings is 1. The second-order valence-corrected chi connectivity index (χ2v) is 9.02. The van der Waals surface area contributed by atoms with Crippen molar-refractivity contribution in [2.45, 2.75) is 18.4 Å². The summed E-state index contributed by atoms with van der Waals surface area (Å²) in [5.41, 5.74) is 1.87. The van der Waals surface area contributed by atoms with Crippen LogP contribution in [0.2, 0.25) is 0 Å². The fourth-order valence-corrected chi connectivity index (χ4v) is 4.10. The number of rotatable bonds is 7. The molecule has 8 nitrogen and oxygen atoms in total. The van der Waals surface area contributed by atoms with E-state index >= 15 is 0 Å². The Bertz CT molecular complexity index is 941. The van der Waals surface area contributed by atoms with Crippen molar-refractivity contribution in [1.82, 2.24) is 14.6 Å². The first-order chi connectivity index (χ1) is 13.9. The lowest BCUT2D eigenvalue weighted by molar-refractivity contribution is -0.121. The quantitative estimate of drug-likeness (QED) is 0.726. The Hall–Kier alpha value is -2.49. The predicted octanol–water partition coefficient (Wildman–Crippen LogP) is 1.16. The van der Waals surface area contributed by atoms with Gasteiger partial charge >= 0.3 is 0 Å². The Balaban J connectivity index is 1.56. The van der Waals surface area contributed by atoms with E-state index in [-0.39, 0.29) is 17.3 Å². The number of nitrogens with zero attached hydrogens (tertiary/aromatic N) is 3. The molecule has 0 saturated carbocycles. The molecule has 2 heterocycles. The molecule has 1 amide bonds. The van der Waals surface area contributed by atoms with Gasteiger partial charge in [-0.2, -0.15) is 4.31 Å². The summed E-state index contributed by atoms with van der Waals surface area (Å²) in [5, 5.41) is 2.78. The Kier molecular flexibility index (Phi) is 6.83. The third-order valence-corrected chi connectivity index (χ3v) is 6.55. The Labute approximate surface area is 171 Å². The smallest absolute Gasteiger partial charge is 0.243 e. The Morgan fingerprint density at radius 2 is 1.90 bits per heavy atom. The van der Waals surface area contributed by atoms with Crippen molar-refractivity contribution in [3.8, 4) is 0 Å². The lowest BCUT2D eigenvalue weighted by Gasteiger charge is -2.28. The van der Waals surface area contributed by atoms with Crippen LogP contribution < -0.4 is 10.2 Å². The van der Waals surface area contributed by atoms with Crippen LogP contribution in [-0.4, -0.2) is 63.5 Å². The van der Waals surface area contributed by atoms with E-state index in [0.29, 0.717) is 19.8 Å². The normalized spacial score (nSPS) is 14.8. The number of amides is 1. The molecule has 0 aliphatic carbocycles. The number of hydrogen-bond acceptors (Lipinski definition) is 6. The molecule has 1 fully saturated rings. The number of benzene rings is 1. The molecule has 1 aliphatic heterocycles. The summed E-state index contributed by atoms with van der Waals surface area (Å²) < 4.78 is 31.6. The van der Waals surface area contributed by atoms with Gasteiger partial charge in [-0.1, -0.05) is 17.7 Å². The zero-order valence-corrected chi connectivity index (χ0v) is 17.5. The fraction of sp³-hybridized carbons (Fsp3) is 0.400. The molecule has 3 rings (SSSR count). The van der Waals surface area contributed by atoms with Crippen molar-refractivity contribution in [3.05, 3.63) is 53.7 Å². The Morgan fingerprint density at radius 1 is 1.21 bits per heavy atom. The monoisotopic (exact) mass is 418 g/mol. The number of anilines is 1. The predicted molar refractivity (Wildman–Crippen MR) is 110 cm³/mol. The largest absolute Gasteiger partial charge is 0.378 e. The summed E-state index contributed by atoms with van der Waals surface area (Å²) in [5.74, 6) is 0.479. The summed E-state index contributed by atoms with van der Waals surface area (Å²) in [6.45, 7) is 4.84. The number of aryl methyl sites for hydroxylation is 1. The molecule has 1 saturated heterocycles. The lowest BCUT2D eigenvalue weighted by atomic mass is 10.2. The standard InChI is InChI=1S/C20H26N4O4S/c1-16-3-5-18(6-4-16)29(26,27)23(2)15-20(25)22-14-17-7-8-21-19(13-17)24-9-11-28-12-10-24/h3-8,13H,9-12,14-15H2,1-2H3,(H,22,25). The summed E-state index contributed by atoms with van der Waals surface area (Å²) in [7, 11) is -2.31. The molecule has 0 unspecified atom stereocenters. The number of sulfonamides is 1. The highest BCUT2D eigenvalue weighted by atomic mass is 32.2. The van der Waals surface area contributed by atoms with Gasteiger partial charge in [0.05, 0.1) is 24.7 Å². The minimum atomic E-state index is -3.71. The van der Waals surface area contributed by atoms with E-state index in [1.165, 1.54) is 7.05 Å². The van der Waals surface area contributed by atoms with Gasteiger partial charge in [0.2, 0.25) is 15.9 Å². The van der Waals surface area contributed by atoms with Crippen LogP contribution in [0.4, 0.5) is 5.82 Å². The van der Waals surface area contributed by atoms with Gasteiger partial charge in [-0.05, 0) is 36.8 Å². The van der Waals surface area contributed by atoms with Gasteiger partial charge in [0.15, 0.2) is 0 Å². The van der Waals surface area contributed by atoms with Crippen LogP contribution in [-0.2, 0) is 26.1 Å². The number of hydrogen-bond donors (Lipinski definition) is 1. The van der Waals surface area contributed by atoms with Gasteiger partial charge < -0.3 is 15.0 Å². The average Bonchev–Trinajstić information content (AvgIpc) is 2.73. The van der Waals surface area contributed by atoms with E-state index in [0.717, 1.165) is 34.3 Å². The van der Waals surface area contributed by atoms with Crippen LogP contribution in [0.3, 0.4) is 0 Å². The number of aromatic nitrogens is 1. The van der Waals surface area contributed by atoms with Gasteiger partial charge in [-0.25, -0.2) is 13.4 Å². The maximum Gasteiger partial charge on any atom is 0.243 e. The molecule has 156 valence electrons. The van der Waals surface area contributed by atoms with Gasteiger partial charge in [0, 0.05) is 32.9 Å².